The van der Waals surface area contributed by atoms with Gasteiger partial charge in [0, 0.05) is 33.2 Å². The number of rotatable bonds is 5. The van der Waals surface area contributed by atoms with Crippen molar-refractivity contribution < 1.29 is 27.6 Å². The number of hydrogen-bond donors (Lipinski definition) is 1. The van der Waals surface area contributed by atoms with Crippen LogP contribution in [0.2, 0.25) is 5.02 Å². The van der Waals surface area contributed by atoms with Crippen LogP contribution in [0.15, 0.2) is 51.8 Å². The van der Waals surface area contributed by atoms with E-state index in [0.717, 1.165) is 11.0 Å². The van der Waals surface area contributed by atoms with Gasteiger partial charge < -0.3 is 9.52 Å². The highest BCUT2D eigenvalue weighted by molar-refractivity contribution is 7.99. The Bertz CT molecular complexity index is 1030. The van der Waals surface area contributed by atoms with Crippen LogP contribution in [0, 0.1) is 10.1 Å². The maximum Gasteiger partial charge on any atom is 0.423 e. The zero-order chi connectivity index (χ0) is 20.7. The van der Waals surface area contributed by atoms with Crippen molar-refractivity contribution in [3.05, 3.63) is 68.9 Å². The quantitative estimate of drug-likeness (QED) is 0.304. The predicted molar refractivity (Wildman–Crippen MR) is 99.6 cm³/mol. The summed E-state index contributed by atoms with van der Waals surface area (Å²) in [7, 11) is 0. The summed E-state index contributed by atoms with van der Waals surface area (Å²) >= 11 is 7.12. The highest BCUT2D eigenvalue weighted by atomic mass is 35.5. The first-order valence-electron chi connectivity index (χ1n) is 7.88. The molecule has 5 nitrogen and oxygen atoms in total. The summed E-state index contributed by atoms with van der Waals surface area (Å²) in [4.78, 5) is 10.7. The lowest BCUT2D eigenvalue weighted by Crippen LogP contribution is -2.23. The summed E-state index contributed by atoms with van der Waals surface area (Å²) < 4.78 is 44.7. The van der Waals surface area contributed by atoms with Gasteiger partial charge in [-0.15, -0.1) is 11.8 Å². The number of alkyl halides is 3. The van der Waals surface area contributed by atoms with Crippen LogP contribution in [0.25, 0.3) is 11.0 Å². The second kappa shape index (κ2) is 7.31. The molecule has 1 atom stereocenters. The first-order valence-corrected chi connectivity index (χ1v) is 9.24. The van der Waals surface area contributed by atoms with E-state index < -0.39 is 28.0 Å². The predicted octanol–water partition coefficient (Wildman–Crippen LogP) is 6.01. The molecule has 0 bridgehead atoms. The summed E-state index contributed by atoms with van der Waals surface area (Å²) in [6.45, 7) is 1.45. The molecule has 0 spiro atoms. The fourth-order valence-electron chi connectivity index (χ4n) is 2.54. The lowest BCUT2D eigenvalue weighted by Gasteiger charge is -2.20. The number of furan rings is 1. The number of aliphatic hydroxyl groups is 1. The lowest BCUT2D eigenvalue weighted by molar-refractivity contribution is -0.387. The normalized spacial score (nSPS) is 14.2. The van der Waals surface area contributed by atoms with Gasteiger partial charge in [-0.2, -0.15) is 13.2 Å². The standard InChI is InChI=1S/C18H13ClF3NO4S/c1-17(24,9-28-12-4-2-11(19)3-5-12)16-7-10-6-14(23(25)26)13(18(20,21)22)8-15(10)27-16/h2-8,24H,9H2,1H3. The summed E-state index contributed by atoms with van der Waals surface area (Å²) in [5.74, 6) is 0.153. The number of fused-ring (bicyclic) bond motifs is 1. The lowest BCUT2D eigenvalue weighted by atomic mass is 10.1. The van der Waals surface area contributed by atoms with Gasteiger partial charge in [-0.25, -0.2) is 0 Å². The van der Waals surface area contributed by atoms with Crippen molar-refractivity contribution in [1.82, 2.24) is 0 Å². The number of benzene rings is 2. The molecule has 1 N–H and O–H groups in total. The van der Waals surface area contributed by atoms with Gasteiger partial charge in [0.15, 0.2) is 0 Å². The Kier molecular flexibility index (Phi) is 5.35. The van der Waals surface area contributed by atoms with Gasteiger partial charge in [0.2, 0.25) is 0 Å². The molecule has 3 rings (SSSR count). The molecule has 0 radical (unpaired) electrons. The molecule has 2 aromatic carbocycles. The van der Waals surface area contributed by atoms with Crippen molar-refractivity contribution in [2.45, 2.75) is 23.6 Å². The summed E-state index contributed by atoms with van der Waals surface area (Å²) in [5, 5.41) is 22.4. The second-order valence-corrected chi connectivity index (χ2v) is 7.77. The minimum Gasteiger partial charge on any atom is -0.458 e. The fourth-order valence-corrected chi connectivity index (χ4v) is 3.59. The van der Waals surface area contributed by atoms with E-state index in [2.05, 4.69) is 0 Å². The molecule has 1 aromatic heterocycles. The smallest absolute Gasteiger partial charge is 0.423 e. The molecule has 1 unspecified atom stereocenters. The number of nitro benzene ring substituents is 1. The van der Waals surface area contributed by atoms with Gasteiger partial charge in [-0.3, -0.25) is 10.1 Å². The average Bonchev–Trinajstić information content (AvgIpc) is 3.03. The third kappa shape index (κ3) is 4.26. The molecular formula is C18H13ClF3NO4S. The number of hydrogen-bond acceptors (Lipinski definition) is 5. The Morgan fingerprint density at radius 1 is 1.21 bits per heavy atom. The molecule has 0 saturated heterocycles. The molecule has 3 aromatic rings. The van der Waals surface area contributed by atoms with E-state index in [1.54, 1.807) is 24.3 Å². The van der Waals surface area contributed by atoms with Crippen LogP contribution in [0.5, 0.6) is 0 Å². The number of halogens is 4. The molecule has 148 valence electrons. The van der Waals surface area contributed by atoms with Crippen LogP contribution in [0.4, 0.5) is 18.9 Å². The summed E-state index contributed by atoms with van der Waals surface area (Å²) in [5.41, 5.74) is -4.18. The molecular weight excluding hydrogens is 419 g/mol. The molecule has 28 heavy (non-hydrogen) atoms. The third-order valence-corrected chi connectivity index (χ3v) is 5.57. The zero-order valence-corrected chi connectivity index (χ0v) is 15.9. The van der Waals surface area contributed by atoms with Crippen LogP contribution in [0.1, 0.15) is 18.2 Å². The van der Waals surface area contributed by atoms with E-state index in [9.17, 15) is 28.4 Å². The molecule has 0 aliphatic heterocycles. The maximum atomic E-state index is 13.1. The fraction of sp³-hybridized carbons (Fsp3) is 0.222. The molecule has 10 heteroatoms. The van der Waals surface area contributed by atoms with Crippen LogP contribution < -0.4 is 0 Å². The number of nitrogens with zero attached hydrogens (tertiary/aromatic N) is 1. The second-order valence-electron chi connectivity index (χ2n) is 6.29. The van der Waals surface area contributed by atoms with Gasteiger partial charge in [0.1, 0.15) is 22.5 Å². The van der Waals surface area contributed by atoms with Crippen molar-refractivity contribution in [1.29, 1.82) is 0 Å². The minimum absolute atomic E-state index is 0.0117. The topological polar surface area (TPSA) is 76.5 Å². The van der Waals surface area contributed by atoms with Gasteiger partial charge >= 0.3 is 6.18 Å². The van der Waals surface area contributed by atoms with Crippen molar-refractivity contribution in [3.8, 4) is 0 Å². The highest BCUT2D eigenvalue weighted by Gasteiger charge is 2.39. The Morgan fingerprint density at radius 3 is 2.43 bits per heavy atom. The van der Waals surface area contributed by atoms with Gasteiger partial charge in [0.05, 0.1) is 4.92 Å². The van der Waals surface area contributed by atoms with Crippen molar-refractivity contribution in [2.75, 3.05) is 5.75 Å². The summed E-state index contributed by atoms with van der Waals surface area (Å²) in [6.07, 6.45) is -4.91. The van der Waals surface area contributed by atoms with E-state index in [-0.39, 0.29) is 22.5 Å². The molecule has 1 heterocycles. The molecule has 0 amide bonds. The Hall–Kier alpha value is -2.23. The van der Waals surface area contributed by atoms with Crippen LogP contribution in [-0.4, -0.2) is 15.8 Å². The van der Waals surface area contributed by atoms with E-state index in [1.807, 2.05) is 0 Å². The Balaban J connectivity index is 1.94. The highest BCUT2D eigenvalue weighted by Crippen LogP contribution is 2.41. The SMILES string of the molecule is CC(O)(CSc1ccc(Cl)cc1)c1cc2cc([N+](=O)[O-])c(C(F)(F)F)cc2o1. The van der Waals surface area contributed by atoms with Crippen LogP contribution in [-0.2, 0) is 11.8 Å². The first kappa shape index (κ1) is 20.5. The third-order valence-electron chi connectivity index (χ3n) is 4.00. The number of nitro groups is 1. The largest absolute Gasteiger partial charge is 0.458 e. The average molecular weight is 432 g/mol. The monoisotopic (exact) mass is 431 g/mol. The molecule has 0 saturated carbocycles. The molecule has 0 aliphatic rings. The number of thioether (sulfide) groups is 1. The Morgan fingerprint density at radius 2 is 1.86 bits per heavy atom. The Labute approximate surface area is 166 Å². The van der Waals surface area contributed by atoms with Crippen molar-refractivity contribution >= 4 is 40.0 Å². The van der Waals surface area contributed by atoms with Crippen molar-refractivity contribution in [3.63, 3.8) is 0 Å². The van der Waals surface area contributed by atoms with E-state index in [1.165, 1.54) is 24.8 Å². The molecule has 0 fully saturated rings. The van der Waals surface area contributed by atoms with E-state index in [4.69, 9.17) is 16.0 Å². The van der Waals surface area contributed by atoms with Crippen LogP contribution in [0.3, 0.4) is 0 Å². The maximum absolute atomic E-state index is 13.1. The van der Waals surface area contributed by atoms with Gasteiger partial charge in [-0.1, -0.05) is 11.6 Å². The van der Waals surface area contributed by atoms with Crippen molar-refractivity contribution in [2.24, 2.45) is 0 Å². The first-order chi connectivity index (χ1) is 13.0. The minimum atomic E-state index is -4.91. The van der Waals surface area contributed by atoms with E-state index >= 15 is 0 Å². The van der Waals surface area contributed by atoms with E-state index in [0.29, 0.717) is 11.1 Å². The molecule has 0 aliphatic carbocycles. The van der Waals surface area contributed by atoms with Gasteiger partial charge in [-0.05, 0) is 37.3 Å². The van der Waals surface area contributed by atoms with Crippen LogP contribution >= 0.6 is 23.4 Å². The zero-order valence-electron chi connectivity index (χ0n) is 14.3. The van der Waals surface area contributed by atoms with Gasteiger partial charge in [0.25, 0.3) is 5.69 Å². The summed E-state index contributed by atoms with van der Waals surface area (Å²) in [6, 6.07) is 9.61.